The summed E-state index contributed by atoms with van der Waals surface area (Å²) in [5.41, 5.74) is 1.29. The summed E-state index contributed by atoms with van der Waals surface area (Å²) in [6.07, 6.45) is -0.267. The van der Waals surface area contributed by atoms with Crippen LogP contribution in [0.1, 0.15) is 54.8 Å². The molecule has 0 saturated heterocycles. The van der Waals surface area contributed by atoms with E-state index in [1.807, 2.05) is 63.2 Å². The first kappa shape index (κ1) is 25.0. The van der Waals surface area contributed by atoms with Crippen molar-refractivity contribution in [2.24, 2.45) is 5.92 Å². The van der Waals surface area contributed by atoms with E-state index in [1.54, 1.807) is 19.1 Å². The number of amides is 1. The van der Waals surface area contributed by atoms with Crippen LogP contribution in [0.2, 0.25) is 0 Å². The molecule has 0 unspecified atom stereocenters. The molecule has 0 spiro atoms. The van der Waals surface area contributed by atoms with Crippen molar-refractivity contribution >= 4 is 11.9 Å². The molecule has 0 bridgehead atoms. The summed E-state index contributed by atoms with van der Waals surface area (Å²) in [6, 6.07) is 17.3. The van der Waals surface area contributed by atoms with Crippen molar-refractivity contribution in [1.29, 1.82) is 0 Å². The van der Waals surface area contributed by atoms with Crippen molar-refractivity contribution in [3.05, 3.63) is 77.5 Å². The standard InChI is InChI=1S/C26H31N3O5/c1-17(2)26(4,33)16-34-23-14-22(28-29(23)19-11-6-5-7-12-19)25(32)27-21(15-24(30)31)20-13-9-8-10-18(20)3/h5-14,17,21,33H,15-16H2,1-4H3,(H,27,32)(H,30,31)/t21-,26-/m0/s1. The Labute approximate surface area is 199 Å². The second-order valence-electron chi connectivity index (χ2n) is 8.90. The molecule has 180 valence electrons. The van der Waals surface area contributed by atoms with Crippen LogP contribution in [0.4, 0.5) is 0 Å². The van der Waals surface area contributed by atoms with Crippen molar-refractivity contribution < 1.29 is 24.5 Å². The molecule has 1 heterocycles. The molecule has 0 saturated carbocycles. The number of aromatic nitrogens is 2. The molecule has 8 heteroatoms. The van der Waals surface area contributed by atoms with Crippen LogP contribution in [0, 0.1) is 12.8 Å². The zero-order chi connectivity index (χ0) is 24.9. The highest BCUT2D eigenvalue weighted by Crippen LogP contribution is 2.25. The highest BCUT2D eigenvalue weighted by molar-refractivity contribution is 5.93. The Morgan fingerprint density at radius 3 is 2.38 bits per heavy atom. The number of carboxylic acid groups (broad SMARTS) is 1. The maximum absolute atomic E-state index is 13.1. The lowest BCUT2D eigenvalue weighted by atomic mass is 9.94. The Bertz CT molecular complexity index is 1140. The number of carbonyl (C=O) groups is 2. The predicted octanol–water partition coefficient (Wildman–Crippen LogP) is 3.91. The van der Waals surface area contributed by atoms with Gasteiger partial charge in [0, 0.05) is 6.07 Å². The van der Waals surface area contributed by atoms with Gasteiger partial charge in [-0.05, 0) is 43.0 Å². The van der Waals surface area contributed by atoms with E-state index in [9.17, 15) is 19.8 Å². The van der Waals surface area contributed by atoms with Crippen LogP contribution in [-0.4, -0.2) is 44.1 Å². The second-order valence-corrected chi connectivity index (χ2v) is 8.90. The predicted molar refractivity (Wildman–Crippen MR) is 128 cm³/mol. The van der Waals surface area contributed by atoms with Gasteiger partial charge in [0.1, 0.15) is 6.61 Å². The first-order chi connectivity index (χ1) is 16.1. The number of hydrogen-bond acceptors (Lipinski definition) is 5. The van der Waals surface area contributed by atoms with Gasteiger partial charge in [0.25, 0.3) is 5.91 Å². The molecule has 8 nitrogen and oxygen atoms in total. The number of hydrogen-bond donors (Lipinski definition) is 3. The van der Waals surface area contributed by atoms with Crippen LogP contribution in [0.5, 0.6) is 5.88 Å². The average Bonchev–Trinajstić information content (AvgIpc) is 3.22. The van der Waals surface area contributed by atoms with Crippen LogP contribution in [0.3, 0.4) is 0 Å². The van der Waals surface area contributed by atoms with Crippen molar-refractivity contribution in [2.45, 2.75) is 45.8 Å². The van der Waals surface area contributed by atoms with Gasteiger partial charge in [-0.15, -0.1) is 0 Å². The van der Waals surface area contributed by atoms with E-state index in [2.05, 4.69) is 10.4 Å². The Hall–Kier alpha value is -3.65. The van der Waals surface area contributed by atoms with Gasteiger partial charge >= 0.3 is 5.97 Å². The fourth-order valence-corrected chi connectivity index (χ4v) is 3.34. The van der Waals surface area contributed by atoms with Gasteiger partial charge < -0.3 is 20.3 Å². The maximum atomic E-state index is 13.1. The van der Waals surface area contributed by atoms with E-state index in [0.717, 1.165) is 11.1 Å². The normalized spacial score (nSPS) is 13.8. The van der Waals surface area contributed by atoms with E-state index >= 15 is 0 Å². The zero-order valence-corrected chi connectivity index (χ0v) is 19.9. The Morgan fingerprint density at radius 2 is 1.76 bits per heavy atom. The molecule has 0 aliphatic rings. The summed E-state index contributed by atoms with van der Waals surface area (Å²) in [5, 5.41) is 27.2. The summed E-state index contributed by atoms with van der Waals surface area (Å²) in [5.74, 6) is -1.30. The Morgan fingerprint density at radius 1 is 1.12 bits per heavy atom. The number of carbonyl (C=O) groups excluding carboxylic acids is 1. The number of benzene rings is 2. The smallest absolute Gasteiger partial charge is 0.305 e. The van der Waals surface area contributed by atoms with Crippen LogP contribution in [0.25, 0.3) is 5.69 Å². The molecule has 34 heavy (non-hydrogen) atoms. The largest absolute Gasteiger partial charge is 0.481 e. The third-order valence-corrected chi connectivity index (χ3v) is 5.91. The number of ether oxygens (including phenoxy) is 1. The minimum atomic E-state index is -1.08. The minimum Gasteiger partial charge on any atom is -0.481 e. The lowest BCUT2D eigenvalue weighted by molar-refractivity contribution is -0.137. The number of nitrogens with one attached hydrogen (secondary N) is 1. The van der Waals surface area contributed by atoms with Gasteiger partial charge in [-0.1, -0.05) is 56.3 Å². The molecule has 3 rings (SSSR count). The van der Waals surface area contributed by atoms with Gasteiger partial charge in [-0.25, -0.2) is 4.68 Å². The van der Waals surface area contributed by atoms with Gasteiger partial charge in [0.15, 0.2) is 5.69 Å². The van der Waals surface area contributed by atoms with E-state index in [0.29, 0.717) is 11.6 Å². The SMILES string of the molecule is Cc1ccccc1[C@H](CC(=O)O)NC(=O)c1cc(OC[C@](C)(O)C(C)C)n(-c2ccccc2)n1. The molecular formula is C26H31N3O5. The van der Waals surface area contributed by atoms with Gasteiger partial charge in [-0.3, -0.25) is 9.59 Å². The quantitative estimate of drug-likeness (QED) is 0.418. The molecule has 3 aromatic rings. The van der Waals surface area contributed by atoms with Gasteiger partial charge in [-0.2, -0.15) is 5.10 Å². The molecule has 0 fully saturated rings. The molecule has 3 N–H and O–H groups in total. The molecule has 1 aromatic heterocycles. The van der Waals surface area contributed by atoms with Crippen LogP contribution in [0.15, 0.2) is 60.7 Å². The van der Waals surface area contributed by atoms with E-state index in [4.69, 9.17) is 4.74 Å². The first-order valence-electron chi connectivity index (χ1n) is 11.2. The maximum Gasteiger partial charge on any atom is 0.305 e. The van der Waals surface area contributed by atoms with Crippen molar-refractivity contribution in [1.82, 2.24) is 15.1 Å². The zero-order valence-electron chi connectivity index (χ0n) is 19.9. The molecule has 2 aromatic carbocycles. The fraction of sp³-hybridized carbons (Fsp3) is 0.346. The third kappa shape index (κ3) is 6.02. The summed E-state index contributed by atoms with van der Waals surface area (Å²) in [6.45, 7) is 7.35. The van der Waals surface area contributed by atoms with Crippen LogP contribution < -0.4 is 10.1 Å². The summed E-state index contributed by atoms with van der Waals surface area (Å²) in [7, 11) is 0. The highest BCUT2D eigenvalue weighted by Gasteiger charge is 2.28. The molecule has 0 aliphatic heterocycles. The van der Waals surface area contributed by atoms with Crippen molar-refractivity contribution in [3.8, 4) is 11.6 Å². The topological polar surface area (TPSA) is 114 Å². The van der Waals surface area contributed by atoms with Gasteiger partial charge in [0.2, 0.25) is 5.88 Å². The minimum absolute atomic E-state index is 0.00903. The summed E-state index contributed by atoms with van der Waals surface area (Å²) < 4.78 is 7.39. The van der Waals surface area contributed by atoms with Crippen LogP contribution >= 0.6 is 0 Å². The first-order valence-corrected chi connectivity index (χ1v) is 11.2. The summed E-state index contributed by atoms with van der Waals surface area (Å²) in [4.78, 5) is 24.6. The van der Waals surface area contributed by atoms with E-state index in [-0.39, 0.29) is 24.6 Å². The van der Waals surface area contributed by atoms with E-state index in [1.165, 1.54) is 10.7 Å². The number of rotatable bonds is 10. The average molecular weight is 466 g/mol. The molecule has 1 amide bonds. The Balaban J connectivity index is 1.91. The lowest BCUT2D eigenvalue weighted by Gasteiger charge is -2.27. The van der Waals surface area contributed by atoms with Crippen LogP contribution in [-0.2, 0) is 4.79 Å². The van der Waals surface area contributed by atoms with Crippen molar-refractivity contribution in [3.63, 3.8) is 0 Å². The number of nitrogens with zero attached hydrogens (tertiary/aromatic N) is 2. The summed E-state index contributed by atoms with van der Waals surface area (Å²) >= 11 is 0. The highest BCUT2D eigenvalue weighted by atomic mass is 16.5. The second kappa shape index (κ2) is 10.5. The molecule has 2 atom stereocenters. The molecular weight excluding hydrogens is 434 g/mol. The van der Waals surface area contributed by atoms with Gasteiger partial charge in [0.05, 0.1) is 23.8 Å². The number of para-hydroxylation sites is 1. The number of aliphatic carboxylic acids is 1. The number of aliphatic hydroxyl groups is 1. The number of carboxylic acids is 1. The third-order valence-electron chi connectivity index (χ3n) is 5.91. The Kier molecular flexibility index (Phi) is 7.73. The van der Waals surface area contributed by atoms with Crippen molar-refractivity contribution in [2.75, 3.05) is 6.61 Å². The molecule has 0 radical (unpaired) electrons. The lowest BCUT2D eigenvalue weighted by Crippen LogP contribution is -2.38. The fourth-order valence-electron chi connectivity index (χ4n) is 3.34. The number of aryl methyl sites for hydroxylation is 1. The monoisotopic (exact) mass is 465 g/mol. The van der Waals surface area contributed by atoms with E-state index < -0.39 is 23.5 Å². The molecule has 0 aliphatic carbocycles.